The zero-order valence-electron chi connectivity index (χ0n) is 19.5. The van der Waals surface area contributed by atoms with Crippen molar-refractivity contribution in [2.75, 3.05) is 13.7 Å². The molecule has 3 N–H and O–H groups in total. The maximum absolute atomic E-state index is 13.0. The molecule has 178 valence electrons. The summed E-state index contributed by atoms with van der Waals surface area (Å²) in [4.78, 5) is 49.2. The van der Waals surface area contributed by atoms with E-state index in [4.69, 9.17) is 4.74 Å². The summed E-state index contributed by atoms with van der Waals surface area (Å²) in [6.45, 7) is 7.34. The van der Waals surface area contributed by atoms with E-state index in [0.717, 1.165) is 5.56 Å². The van der Waals surface area contributed by atoms with Crippen LogP contribution < -0.4 is 16.0 Å². The van der Waals surface area contributed by atoms with Gasteiger partial charge in [-0.05, 0) is 23.8 Å². The molecule has 9 nitrogen and oxygen atoms in total. The summed E-state index contributed by atoms with van der Waals surface area (Å²) in [5.41, 5.74) is 0.825. The van der Waals surface area contributed by atoms with Gasteiger partial charge in [0.2, 0.25) is 11.8 Å². The van der Waals surface area contributed by atoms with E-state index >= 15 is 0 Å². The van der Waals surface area contributed by atoms with Crippen LogP contribution in [0.3, 0.4) is 0 Å². The van der Waals surface area contributed by atoms with Crippen molar-refractivity contribution in [1.82, 2.24) is 16.0 Å². The number of hydrogen-bond acceptors (Lipinski definition) is 6. The SMILES string of the molecule is CC[C@@H](C)[C@@H](NC(=O)OCc1ccccc1)C(=O)N[C@@H](CC(C)C)C(=O)NCC(=O)OC. The highest BCUT2D eigenvalue weighted by Gasteiger charge is 2.30. The van der Waals surface area contributed by atoms with Crippen molar-refractivity contribution in [2.45, 2.75) is 59.2 Å². The van der Waals surface area contributed by atoms with Crippen molar-refractivity contribution in [3.63, 3.8) is 0 Å². The highest BCUT2D eigenvalue weighted by atomic mass is 16.5. The van der Waals surface area contributed by atoms with Crippen LogP contribution in [0, 0.1) is 11.8 Å². The quantitative estimate of drug-likeness (QED) is 0.420. The Kier molecular flexibility index (Phi) is 11.8. The first-order valence-electron chi connectivity index (χ1n) is 10.8. The summed E-state index contributed by atoms with van der Waals surface area (Å²) >= 11 is 0. The van der Waals surface area contributed by atoms with Gasteiger partial charge in [0.05, 0.1) is 7.11 Å². The molecule has 0 unspecified atom stereocenters. The maximum atomic E-state index is 13.0. The zero-order chi connectivity index (χ0) is 24.1. The number of methoxy groups -OCH3 is 1. The predicted molar refractivity (Wildman–Crippen MR) is 119 cm³/mol. The fourth-order valence-electron chi connectivity index (χ4n) is 2.91. The minimum atomic E-state index is -0.883. The minimum Gasteiger partial charge on any atom is -0.468 e. The van der Waals surface area contributed by atoms with E-state index in [9.17, 15) is 19.2 Å². The zero-order valence-corrected chi connectivity index (χ0v) is 19.5. The molecule has 0 aromatic heterocycles. The first kappa shape index (κ1) is 26.9. The van der Waals surface area contributed by atoms with E-state index in [2.05, 4.69) is 20.7 Å². The average molecular weight is 450 g/mol. The lowest BCUT2D eigenvalue weighted by Crippen LogP contribution is -2.56. The molecule has 32 heavy (non-hydrogen) atoms. The number of benzene rings is 1. The van der Waals surface area contributed by atoms with Gasteiger partial charge >= 0.3 is 12.1 Å². The number of nitrogens with one attached hydrogen (secondary N) is 3. The van der Waals surface area contributed by atoms with E-state index < -0.39 is 36.0 Å². The largest absolute Gasteiger partial charge is 0.468 e. The molecule has 9 heteroatoms. The standard InChI is InChI=1S/C23H35N3O6/c1-6-16(4)20(26-23(30)32-14-17-10-8-7-9-11-17)22(29)25-18(12-15(2)3)21(28)24-13-19(27)31-5/h7-11,15-16,18,20H,6,12-14H2,1-5H3,(H,24,28)(H,25,29)(H,26,30)/t16-,18+,20-/m1/s1. The molecular formula is C23H35N3O6. The van der Waals surface area contributed by atoms with Crippen LogP contribution in [0.15, 0.2) is 30.3 Å². The van der Waals surface area contributed by atoms with Crippen LogP contribution in [0.25, 0.3) is 0 Å². The molecule has 0 aliphatic heterocycles. The first-order chi connectivity index (χ1) is 15.2. The maximum Gasteiger partial charge on any atom is 0.408 e. The highest BCUT2D eigenvalue weighted by Crippen LogP contribution is 2.11. The van der Waals surface area contributed by atoms with Gasteiger partial charge in [-0.2, -0.15) is 0 Å². The van der Waals surface area contributed by atoms with Crippen LogP contribution in [0.2, 0.25) is 0 Å². The summed E-state index contributed by atoms with van der Waals surface area (Å²) in [6.07, 6.45) is 0.273. The van der Waals surface area contributed by atoms with E-state index in [0.29, 0.717) is 12.8 Å². The lowest BCUT2D eigenvalue weighted by molar-refractivity contribution is -0.141. The molecule has 0 fully saturated rings. The number of alkyl carbamates (subject to hydrolysis) is 1. The summed E-state index contributed by atoms with van der Waals surface area (Å²) in [5.74, 6) is -1.66. The van der Waals surface area contributed by atoms with Gasteiger partial charge in [0.1, 0.15) is 25.2 Å². The van der Waals surface area contributed by atoms with E-state index in [1.165, 1.54) is 7.11 Å². The Labute approximate surface area is 189 Å². The number of amides is 3. The third kappa shape index (κ3) is 9.80. The number of ether oxygens (including phenoxy) is 2. The van der Waals surface area contributed by atoms with Crippen LogP contribution in [0.4, 0.5) is 4.79 Å². The Morgan fingerprint density at radius 3 is 2.19 bits per heavy atom. The second kappa shape index (κ2) is 14.1. The van der Waals surface area contributed by atoms with Gasteiger partial charge < -0.3 is 25.4 Å². The van der Waals surface area contributed by atoms with Crippen LogP contribution in [-0.2, 0) is 30.5 Å². The van der Waals surface area contributed by atoms with Crippen molar-refractivity contribution >= 4 is 23.9 Å². The molecule has 1 aromatic rings. The Balaban J connectivity index is 2.80. The Bertz CT molecular complexity index is 753. The first-order valence-corrected chi connectivity index (χ1v) is 10.8. The third-order valence-electron chi connectivity index (χ3n) is 4.96. The molecule has 3 atom stereocenters. The summed E-state index contributed by atoms with van der Waals surface area (Å²) in [7, 11) is 1.22. The van der Waals surface area contributed by atoms with Gasteiger partial charge in [-0.3, -0.25) is 14.4 Å². The summed E-state index contributed by atoms with van der Waals surface area (Å²) < 4.78 is 9.76. The molecule has 0 radical (unpaired) electrons. The van der Waals surface area contributed by atoms with E-state index in [-0.39, 0.29) is 25.0 Å². The number of hydrogen-bond donors (Lipinski definition) is 3. The molecule has 0 bridgehead atoms. The second-order valence-corrected chi connectivity index (χ2v) is 8.05. The molecular weight excluding hydrogens is 414 g/mol. The molecule has 1 aromatic carbocycles. The van der Waals surface area contributed by atoms with Crippen molar-refractivity contribution in [2.24, 2.45) is 11.8 Å². The van der Waals surface area contributed by atoms with E-state index in [1.54, 1.807) is 0 Å². The van der Waals surface area contributed by atoms with Gasteiger partial charge in [0.25, 0.3) is 0 Å². The minimum absolute atomic E-state index is 0.0768. The van der Waals surface area contributed by atoms with Crippen molar-refractivity contribution < 1.29 is 28.7 Å². The van der Waals surface area contributed by atoms with Crippen LogP contribution >= 0.6 is 0 Å². The number of carbonyl (C=O) groups is 4. The van der Waals surface area contributed by atoms with Gasteiger partial charge in [0.15, 0.2) is 0 Å². The van der Waals surface area contributed by atoms with Crippen LogP contribution in [0.1, 0.15) is 46.1 Å². The molecule has 0 saturated heterocycles. The Morgan fingerprint density at radius 1 is 0.969 bits per heavy atom. The van der Waals surface area contributed by atoms with Crippen LogP contribution in [0.5, 0.6) is 0 Å². The smallest absolute Gasteiger partial charge is 0.408 e. The van der Waals surface area contributed by atoms with Crippen molar-refractivity contribution in [1.29, 1.82) is 0 Å². The van der Waals surface area contributed by atoms with Crippen LogP contribution in [-0.4, -0.2) is 49.6 Å². The second-order valence-electron chi connectivity index (χ2n) is 8.05. The van der Waals surface area contributed by atoms with Gasteiger partial charge in [-0.25, -0.2) is 4.79 Å². The monoisotopic (exact) mass is 449 g/mol. The third-order valence-corrected chi connectivity index (χ3v) is 4.96. The lowest BCUT2D eigenvalue weighted by Gasteiger charge is -2.26. The topological polar surface area (TPSA) is 123 Å². The normalized spacial score (nSPS) is 13.4. The fraction of sp³-hybridized carbons (Fsp3) is 0.565. The molecule has 0 heterocycles. The molecule has 3 amide bonds. The summed E-state index contributed by atoms with van der Waals surface area (Å²) in [6, 6.07) is 7.46. The highest BCUT2D eigenvalue weighted by molar-refractivity contribution is 5.92. The lowest BCUT2D eigenvalue weighted by atomic mass is 9.97. The predicted octanol–water partition coefficient (Wildman–Crippen LogP) is 2.15. The van der Waals surface area contributed by atoms with Gasteiger partial charge in [0, 0.05) is 0 Å². The average Bonchev–Trinajstić information content (AvgIpc) is 2.78. The number of esters is 1. The Morgan fingerprint density at radius 2 is 1.62 bits per heavy atom. The molecule has 0 aliphatic rings. The number of carbonyl (C=O) groups excluding carboxylic acids is 4. The van der Waals surface area contributed by atoms with Crippen molar-refractivity contribution in [3.05, 3.63) is 35.9 Å². The van der Waals surface area contributed by atoms with Crippen molar-refractivity contribution in [3.8, 4) is 0 Å². The number of rotatable bonds is 12. The molecule has 0 aliphatic carbocycles. The van der Waals surface area contributed by atoms with E-state index in [1.807, 2.05) is 58.0 Å². The molecule has 0 spiro atoms. The molecule has 0 saturated carbocycles. The van der Waals surface area contributed by atoms with Gasteiger partial charge in [-0.15, -0.1) is 0 Å². The Hall–Kier alpha value is -3.10. The van der Waals surface area contributed by atoms with Gasteiger partial charge in [-0.1, -0.05) is 64.4 Å². The molecule has 1 rings (SSSR count). The fourth-order valence-corrected chi connectivity index (χ4v) is 2.91. The summed E-state index contributed by atoms with van der Waals surface area (Å²) in [5, 5.41) is 7.79.